The van der Waals surface area contributed by atoms with Gasteiger partial charge in [0.05, 0.1) is 3.57 Å². The van der Waals surface area contributed by atoms with E-state index in [4.69, 9.17) is 16.3 Å². The van der Waals surface area contributed by atoms with Crippen LogP contribution in [0.2, 0.25) is 5.15 Å². The molecule has 1 atom stereocenters. The molecular formula is C10H14ClIN2O. The molecule has 1 rings (SSSR count). The summed E-state index contributed by atoms with van der Waals surface area (Å²) < 4.78 is 6.26. The summed E-state index contributed by atoms with van der Waals surface area (Å²) in [5.74, 6) is 0.635. The van der Waals surface area contributed by atoms with Crippen LogP contribution in [0.3, 0.4) is 0 Å². The average Bonchev–Trinajstić information content (AvgIpc) is 2.10. The summed E-state index contributed by atoms with van der Waals surface area (Å²) in [5.41, 5.74) is -0.0507. The van der Waals surface area contributed by atoms with E-state index in [2.05, 4.69) is 53.3 Å². The molecule has 0 aromatic carbocycles. The monoisotopic (exact) mass is 340 g/mol. The molecule has 1 unspecified atom stereocenters. The van der Waals surface area contributed by atoms with Gasteiger partial charge < -0.3 is 4.74 Å². The first-order valence-corrected chi connectivity index (χ1v) is 6.02. The molecular weight excluding hydrogens is 326 g/mol. The minimum absolute atomic E-state index is 0.0507. The largest absolute Gasteiger partial charge is 0.373 e. The second-order valence-electron chi connectivity index (χ2n) is 4.35. The minimum atomic E-state index is -0.146. The number of hydrogen-bond donors (Lipinski definition) is 0. The zero-order chi connectivity index (χ0) is 11.6. The maximum Gasteiger partial charge on any atom is 0.159 e. The first-order valence-electron chi connectivity index (χ1n) is 4.57. The average molecular weight is 341 g/mol. The molecule has 0 spiro atoms. The summed E-state index contributed by atoms with van der Waals surface area (Å²) >= 11 is 8.05. The lowest BCUT2D eigenvalue weighted by atomic mass is 9.88. The van der Waals surface area contributed by atoms with Gasteiger partial charge in [0.25, 0.3) is 0 Å². The predicted octanol–water partition coefficient (Wildman–Crippen LogP) is 3.47. The summed E-state index contributed by atoms with van der Waals surface area (Å²) in [6.45, 7) is 6.24. The summed E-state index contributed by atoms with van der Waals surface area (Å²) in [5, 5.41) is 0.479. The van der Waals surface area contributed by atoms with E-state index in [1.807, 2.05) is 0 Å². The van der Waals surface area contributed by atoms with Gasteiger partial charge in [0.15, 0.2) is 5.82 Å². The smallest absolute Gasteiger partial charge is 0.159 e. The zero-order valence-corrected chi connectivity index (χ0v) is 12.1. The van der Waals surface area contributed by atoms with Gasteiger partial charge in [-0.1, -0.05) is 32.4 Å². The van der Waals surface area contributed by atoms with Crippen LogP contribution in [0.5, 0.6) is 0 Å². The molecule has 0 bridgehead atoms. The van der Waals surface area contributed by atoms with Crippen LogP contribution in [0.15, 0.2) is 6.20 Å². The van der Waals surface area contributed by atoms with Crippen molar-refractivity contribution in [1.29, 1.82) is 0 Å². The highest BCUT2D eigenvalue weighted by molar-refractivity contribution is 14.1. The van der Waals surface area contributed by atoms with Gasteiger partial charge in [0, 0.05) is 13.3 Å². The molecule has 0 aliphatic rings. The van der Waals surface area contributed by atoms with Gasteiger partial charge in [-0.25, -0.2) is 9.97 Å². The van der Waals surface area contributed by atoms with Crippen molar-refractivity contribution in [3.63, 3.8) is 0 Å². The fourth-order valence-electron chi connectivity index (χ4n) is 1.33. The van der Waals surface area contributed by atoms with E-state index in [1.54, 1.807) is 13.3 Å². The second-order valence-corrected chi connectivity index (χ2v) is 5.87. The summed E-state index contributed by atoms with van der Waals surface area (Å²) in [6.07, 6.45) is 1.56. The van der Waals surface area contributed by atoms with E-state index < -0.39 is 0 Å². The van der Waals surface area contributed by atoms with Crippen molar-refractivity contribution < 1.29 is 4.74 Å². The van der Waals surface area contributed by atoms with Gasteiger partial charge >= 0.3 is 0 Å². The first kappa shape index (κ1) is 13.1. The van der Waals surface area contributed by atoms with Crippen molar-refractivity contribution in [2.24, 2.45) is 5.41 Å². The molecule has 1 heterocycles. The van der Waals surface area contributed by atoms with Crippen molar-refractivity contribution in [1.82, 2.24) is 9.97 Å². The second kappa shape index (κ2) is 4.93. The molecule has 0 fully saturated rings. The molecule has 0 saturated heterocycles. The molecule has 3 nitrogen and oxygen atoms in total. The maximum absolute atomic E-state index is 5.95. The Kier molecular flexibility index (Phi) is 4.31. The van der Waals surface area contributed by atoms with Crippen molar-refractivity contribution in [2.75, 3.05) is 7.11 Å². The van der Waals surface area contributed by atoms with Crippen LogP contribution in [-0.2, 0) is 4.74 Å². The highest BCUT2D eigenvalue weighted by Crippen LogP contribution is 2.34. The van der Waals surface area contributed by atoms with Gasteiger partial charge in [0.1, 0.15) is 11.3 Å². The predicted molar refractivity (Wildman–Crippen MR) is 69.0 cm³/mol. The van der Waals surface area contributed by atoms with Crippen LogP contribution in [0.25, 0.3) is 0 Å². The zero-order valence-electron chi connectivity index (χ0n) is 9.21. The van der Waals surface area contributed by atoms with Crippen molar-refractivity contribution >= 4 is 34.2 Å². The van der Waals surface area contributed by atoms with Crippen LogP contribution in [0.4, 0.5) is 0 Å². The molecule has 15 heavy (non-hydrogen) atoms. The molecule has 0 aliphatic carbocycles. The SMILES string of the molecule is COC(c1ncc(I)c(Cl)n1)C(C)(C)C. The van der Waals surface area contributed by atoms with Crippen molar-refractivity contribution in [2.45, 2.75) is 26.9 Å². The van der Waals surface area contributed by atoms with Crippen LogP contribution in [-0.4, -0.2) is 17.1 Å². The Morgan fingerprint density at radius 1 is 1.47 bits per heavy atom. The number of methoxy groups -OCH3 is 1. The van der Waals surface area contributed by atoms with E-state index in [0.29, 0.717) is 11.0 Å². The Morgan fingerprint density at radius 2 is 2.07 bits per heavy atom. The van der Waals surface area contributed by atoms with Crippen molar-refractivity contribution in [3.05, 3.63) is 20.7 Å². The number of nitrogens with zero attached hydrogens (tertiary/aromatic N) is 2. The number of halogens is 2. The lowest BCUT2D eigenvalue weighted by Gasteiger charge is -2.27. The third-order valence-corrected chi connectivity index (χ3v) is 3.37. The Morgan fingerprint density at radius 3 is 2.47 bits per heavy atom. The van der Waals surface area contributed by atoms with Crippen molar-refractivity contribution in [3.8, 4) is 0 Å². The van der Waals surface area contributed by atoms with E-state index in [1.165, 1.54) is 0 Å². The molecule has 0 radical (unpaired) electrons. The van der Waals surface area contributed by atoms with Crippen LogP contribution in [0.1, 0.15) is 32.7 Å². The normalized spacial score (nSPS) is 14.0. The fourth-order valence-corrected chi connectivity index (χ4v) is 1.73. The third-order valence-electron chi connectivity index (χ3n) is 1.98. The van der Waals surface area contributed by atoms with Gasteiger partial charge in [-0.3, -0.25) is 0 Å². The molecule has 0 saturated carbocycles. The summed E-state index contributed by atoms with van der Waals surface area (Å²) in [4.78, 5) is 8.48. The molecule has 0 aliphatic heterocycles. The third kappa shape index (κ3) is 3.26. The highest BCUT2D eigenvalue weighted by Gasteiger charge is 2.28. The topological polar surface area (TPSA) is 35.0 Å². The van der Waals surface area contributed by atoms with Crippen LogP contribution >= 0.6 is 34.2 Å². The Hall–Kier alpha value is 0.0600. The number of rotatable bonds is 2. The molecule has 1 aromatic heterocycles. The summed E-state index contributed by atoms with van der Waals surface area (Å²) in [7, 11) is 1.66. The number of aromatic nitrogens is 2. The molecule has 0 amide bonds. The van der Waals surface area contributed by atoms with E-state index in [0.717, 1.165) is 3.57 Å². The lowest BCUT2D eigenvalue weighted by molar-refractivity contribution is 0.00863. The van der Waals surface area contributed by atoms with Gasteiger partial charge in [-0.05, 0) is 28.0 Å². The number of ether oxygens (including phenoxy) is 1. The Bertz CT molecular complexity index is 352. The van der Waals surface area contributed by atoms with E-state index in [-0.39, 0.29) is 11.5 Å². The van der Waals surface area contributed by atoms with Gasteiger partial charge in [-0.15, -0.1) is 0 Å². The Balaban J connectivity index is 3.08. The quantitative estimate of drug-likeness (QED) is 0.611. The minimum Gasteiger partial charge on any atom is -0.373 e. The molecule has 0 N–H and O–H groups in total. The summed E-state index contributed by atoms with van der Waals surface area (Å²) in [6, 6.07) is 0. The van der Waals surface area contributed by atoms with Gasteiger partial charge in [-0.2, -0.15) is 0 Å². The van der Waals surface area contributed by atoms with Crippen LogP contribution in [0, 0.1) is 8.99 Å². The molecule has 5 heteroatoms. The molecule has 1 aromatic rings. The standard InChI is InChI=1S/C10H14ClIN2O/c1-10(2,3)7(15-4)9-13-5-6(12)8(11)14-9/h5,7H,1-4H3. The number of hydrogen-bond acceptors (Lipinski definition) is 3. The van der Waals surface area contributed by atoms with E-state index >= 15 is 0 Å². The van der Waals surface area contributed by atoms with Crippen LogP contribution < -0.4 is 0 Å². The fraction of sp³-hybridized carbons (Fsp3) is 0.600. The highest BCUT2D eigenvalue weighted by atomic mass is 127. The maximum atomic E-state index is 5.95. The molecule has 84 valence electrons. The lowest BCUT2D eigenvalue weighted by Crippen LogP contribution is -2.22. The van der Waals surface area contributed by atoms with E-state index in [9.17, 15) is 0 Å². The first-order chi connectivity index (χ1) is 6.86. The van der Waals surface area contributed by atoms with Gasteiger partial charge in [0.2, 0.25) is 0 Å². The Labute approximate surface area is 109 Å².